The lowest BCUT2D eigenvalue weighted by Gasteiger charge is -2.07. The molecule has 0 atom stereocenters. The van der Waals surface area contributed by atoms with Gasteiger partial charge in [-0.3, -0.25) is 9.59 Å². The van der Waals surface area contributed by atoms with Crippen molar-refractivity contribution in [3.8, 4) is 0 Å². The molecule has 0 saturated heterocycles. The van der Waals surface area contributed by atoms with Gasteiger partial charge in [-0.2, -0.15) is 16.8 Å². The molecular formula is C48H94O8S2. The first kappa shape index (κ1) is 56.8. The number of carbonyl (C=O) groups excluding carboxylic acids is 2. The van der Waals surface area contributed by atoms with Gasteiger partial charge in [0.15, 0.2) is 0 Å². The van der Waals surface area contributed by atoms with Crippen molar-refractivity contribution < 1.29 is 34.8 Å². The molecule has 0 saturated carbocycles. The fraction of sp³-hybridized carbons (Fsp3) is 0.958. The highest BCUT2D eigenvalue weighted by Crippen LogP contribution is 2.17. The smallest absolute Gasteiger partial charge is 0.322 e. The highest BCUT2D eigenvalue weighted by molar-refractivity contribution is 7.87. The zero-order valence-corrected chi connectivity index (χ0v) is 39.8. The minimum atomic E-state index is -4.04. The molecule has 0 amide bonds. The zero-order chi connectivity index (χ0) is 42.7. The zero-order valence-electron chi connectivity index (χ0n) is 38.2. The van der Waals surface area contributed by atoms with Crippen molar-refractivity contribution in [2.45, 2.75) is 284 Å². The first-order chi connectivity index (χ1) is 28.1. The van der Waals surface area contributed by atoms with Crippen molar-refractivity contribution in [3.63, 3.8) is 0 Å². The largest absolute Gasteiger partial charge is 0.346 e. The summed E-state index contributed by atoms with van der Waals surface area (Å²) in [6.45, 7) is 4.53. The lowest BCUT2D eigenvalue weighted by molar-refractivity contribution is -0.140. The van der Waals surface area contributed by atoms with E-state index in [9.17, 15) is 26.4 Å². The summed E-state index contributed by atoms with van der Waals surface area (Å²) in [7, 11) is -8.09. The van der Waals surface area contributed by atoms with Crippen molar-refractivity contribution in [1.82, 2.24) is 0 Å². The van der Waals surface area contributed by atoms with E-state index in [1.807, 2.05) is 0 Å². The summed E-state index contributed by atoms with van der Waals surface area (Å²) < 4.78 is 58.0. The van der Waals surface area contributed by atoms with Crippen LogP contribution in [0.5, 0.6) is 0 Å². The third-order valence-corrected chi connectivity index (χ3v) is 13.9. The molecular weight excluding hydrogens is 769 g/mol. The van der Waals surface area contributed by atoms with E-state index in [2.05, 4.69) is 22.2 Å². The van der Waals surface area contributed by atoms with E-state index in [0.29, 0.717) is 12.8 Å². The molecule has 58 heavy (non-hydrogen) atoms. The molecule has 0 spiro atoms. The molecule has 10 heteroatoms. The van der Waals surface area contributed by atoms with Gasteiger partial charge in [0.1, 0.15) is 0 Å². The van der Waals surface area contributed by atoms with Crippen LogP contribution in [-0.2, 0) is 38.2 Å². The van der Waals surface area contributed by atoms with Crippen LogP contribution in [0.3, 0.4) is 0 Å². The van der Waals surface area contributed by atoms with Crippen molar-refractivity contribution in [2.75, 3.05) is 11.5 Å². The van der Waals surface area contributed by atoms with Crippen molar-refractivity contribution in [3.05, 3.63) is 0 Å². The Balaban J connectivity index is 3.63. The van der Waals surface area contributed by atoms with Gasteiger partial charge in [0.05, 0.1) is 24.3 Å². The lowest BCUT2D eigenvalue weighted by Crippen LogP contribution is -2.19. The molecule has 0 aliphatic heterocycles. The van der Waals surface area contributed by atoms with Gasteiger partial charge in [0.2, 0.25) is 0 Å². The second-order valence-electron chi connectivity index (χ2n) is 17.4. The van der Waals surface area contributed by atoms with Crippen LogP contribution in [0.1, 0.15) is 284 Å². The molecule has 0 N–H and O–H groups in total. The van der Waals surface area contributed by atoms with E-state index in [4.69, 9.17) is 0 Å². The molecule has 0 aromatic rings. The van der Waals surface area contributed by atoms with Crippen LogP contribution >= 0.6 is 0 Å². The predicted molar refractivity (Wildman–Crippen MR) is 245 cm³/mol. The van der Waals surface area contributed by atoms with Gasteiger partial charge in [0, 0.05) is 0 Å². The maximum absolute atomic E-state index is 12.2. The summed E-state index contributed by atoms with van der Waals surface area (Å²) >= 11 is 0. The number of hydrogen-bond donors (Lipinski definition) is 0. The van der Waals surface area contributed by atoms with E-state index in [0.717, 1.165) is 51.4 Å². The molecule has 0 aliphatic rings. The third kappa shape index (κ3) is 44.4. The van der Waals surface area contributed by atoms with Gasteiger partial charge in [-0.15, -0.1) is 0 Å². The Bertz CT molecular complexity index is 1030. The summed E-state index contributed by atoms with van der Waals surface area (Å²) in [6.07, 6.45) is 48.2. The average Bonchev–Trinajstić information content (AvgIpc) is 3.18. The topological polar surface area (TPSA) is 121 Å². The second kappa shape index (κ2) is 42.5. The van der Waals surface area contributed by atoms with Crippen LogP contribution < -0.4 is 0 Å². The molecule has 0 rings (SSSR count). The molecule has 0 radical (unpaired) electrons. The van der Waals surface area contributed by atoms with E-state index < -0.39 is 45.0 Å². The average molecular weight is 863 g/mol. The Morgan fingerprint density at radius 2 is 0.431 bits per heavy atom. The van der Waals surface area contributed by atoms with Crippen LogP contribution in [0.4, 0.5) is 0 Å². The van der Waals surface area contributed by atoms with Crippen molar-refractivity contribution in [1.29, 1.82) is 0 Å². The SMILES string of the molecule is CCCCCCCCCCCCCCCCCCCCCCS(=O)(=O)OC(=O)CCC(=O)OS(=O)(=O)CCCCCCCCCCCCCCCCCCCCCC. The minimum Gasteiger partial charge on any atom is -0.346 e. The fourth-order valence-electron chi connectivity index (χ4n) is 7.72. The standard InChI is InChI=1S/C48H94O8S2/c1-3-5-7-9-11-13-15-17-19-21-23-25-27-29-31-33-35-37-39-41-45-57(51,52)55-47(49)43-44-48(50)56-58(53,54)46-42-40-38-36-34-32-30-28-26-24-22-20-18-16-14-12-10-8-6-4-2/h3-46H2,1-2H3. The fourth-order valence-corrected chi connectivity index (χ4v) is 9.74. The maximum atomic E-state index is 12.2. The van der Waals surface area contributed by atoms with Gasteiger partial charge in [-0.25, -0.2) is 0 Å². The second-order valence-corrected chi connectivity index (χ2v) is 20.7. The molecule has 0 bridgehead atoms. The Morgan fingerprint density at radius 3 is 0.603 bits per heavy atom. The first-order valence-electron chi connectivity index (χ1n) is 25.0. The highest BCUT2D eigenvalue weighted by Gasteiger charge is 2.21. The summed E-state index contributed by atoms with van der Waals surface area (Å²) in [5, 5.41) is 0. The van der Waals surface area contributed by atoms with Gasteiger partial charge in [0.25, 0.3) is 0 Å². The number of carbonyl (C=O) groups is 2. The minimum absolute atomic E-state index is 0.254. The van der Waals surface area contributed by atoms with Crippen LogP contribution in [0.15, 0.2) is 0 Å². The van der Waals surface area contributed by atoms with Crippen LogP contribution in [0.2, 0.25) is 0 Å². The van der Waals surface area contributed by atoms with E-state index in [1.165, 1.54) is 193 Å². The highest BCUT2D eigenvalue weighted by atomic mass is 32.2. The first-order valence-corrected chi connectivity index (χ1v) is 28.2. The predicted octanol–water partition coefficient (Wildman–Crippen LogP) is 15.2. The summed E-state index contributed by atoms with van der Waals surface area (Å²) in [5.41, 5.74) is 0. The number of unbranched alkanes of at least 4 members (excludes halogenated alkanes) is 38. The molecule has 0 unspecified atom stereocenters. The summed E-state index contributed by atoms with van der Waals surface area (Å²) in [6, 6.07) is 0. The number of hydrogen-bond acceptors (Lipinski definition) is 8. The maximum Gasteiger partial charge on any atom is 0.322 e. The van der Waals surface area contributed by atoms with Gasteiger partial charge in [-0.05, 0) is 12.8 Å². The molecule has 0 heterocycles. The quantitative estimate of drug-likeness (QED) is 0.0438. The molecule has 0 aliphatic carbocycles. The van der Waals surface area contributed by atoms with Crippen molar-refractivity contribution in [2.24, 2.45) is 0 Å². The Kier molecular flexibility index (Phi) is 41.7. The molecule has 0 aromatic heterocycles. The Morgan fingerprint density at radius 1 is 0.276 bits per heavy atom. The van der Waals surface area contributed by atoms with E-state index >= 15 is 0 Å². The number of rotatable bonds is 47. The molecule has 8 nitrogen and oxygen atoms in total. The summed E-state index contributed by atoms with van der Waals surface area (Å²) in [5.74, 6) is -2.65. The van der Waals surface area contributed by atoms with Gasteiger partial charge < -0.3 is 8.37 Å². The Labute approximate surface area is 360 Å². The van der Waals surface area contributed by atoms with Crippen molar-refractivity contribution >= 4 is 32.2 Å². The van der Waals surface area contributed by atoms with Crippen LogP contribution in [0, 0.1) is 0 Å². The molecule has 0 aromatic carbocycles. The van der Waals surface area contributed by atoms with Gasteiger partial charge in [-0.1, -0.05) is 258 Å². The van der Waals surface area contributed by atoms with E-state index in [-0.39, 0.29) is 11.5 Å². The normalized spacial score (nSPS) is 12.0. The third-order valence-electron chi connectivity index (χ3n) is 11.5. The summed E-state index contributed by atoms with van der Waals surface area (Å²) in [4.78, 5) is 24.1. The lowest BCUT2D eigenvalue weighted by atomic mass is 10.0. The van der Waals surface area contributed by atoms with Gasteiger partial charge >= 0.3 is 32.2 Å². The Hall–Kier alpha value is -1.16. The van der Waals surface area contributed by atoms with Crippen LogP contribution in [-0.4, -0.2) is 40.3 Å². The monoisotopic (exact) mass is 863 g/mol. The van der Waals surface area contributed by atoms with Crippen LogP contribution in [0.25, 0.3) is 0 Å². The van der Waals surface area contributed by atoms with E-state index in [1.54, 1.807) is 0 Å². The molecule has 346 valence electrons. The molecule has 0 fully saturated rings.